The predicted octanol–water partition coefficient (Wildman–Crippen LogP) is 3.41. The van der Waals surface area contributed by atoms with Crippen LogP contribution >= 0.6 is 15.9 Å². The van der Waals surface area contributed by atoms with Crippen molar-refractivity contribution in [3.05, 3.63) is 54.4 Å². The smallest absolute Gasteiger partial charge is 0.0452 e. The monoisotopic (exact) mass is 249 g/mol. The Morgan fingerprint density at radius 3 is 2.57 bits per heavy atom. The zero-order valence-corrected chi connectivity index (χ0v) is 9.44. The molecule has 0 saturated carbocycles. The highest BCUT2D eigenvalue weighted by Crippen LogP contribution is 2.11. The second kappa shape index (κ2) is 4.47. The summed E-state index contributed by atoms with van der Waals surface area (Å²) in [5.74, 6) is 0. The van der Waals surface area contributed by atoms with Gasteiger partial charge in [-0.25, -0.2) is 0 Å². The van der Waals surface area contributed by atoms with Gasteiger partial charge in [-0.1, -0.05) is 28.1 Å². The van der Waals surface area contributed by atoms with Crippen molar-refractivity contribution in [1.82, 2.24) is 4.57 Å². The lowest BCUT2D eigenvalue weighted by Gasteiger charge is -2.04. The first kappa shape index (κ1) is 9.53. The van der Waals surface area contributed by atoms with Gasteiger partial charge in [0.2, 0.25) is 0 Å². The third kappa shape index (κ3) is 2.07. The first-order valence-corrected chi connectivity index (χ1v) is 5.80. The van der Waals surface area contributed by atoms with Crippen LogP contribution in [0.25, 0.3) is 5.69 Å². The van der Waals surface area contributed by atoms with Crippen molar-refractivity contribution in [2.45, 2.75) is 6.42 Å². The Balaban J connectivity index is 2.31. The second-order valence-electron chi connectivity index (χ2n) is 3.20. The van der Waals surface area contributed by atoms with Crippen LogP contribution in [0.15, 0.2) is 48.8 Å². The van der Waals surface area contributed by atoms with Gasteiger partial charge in [0.05, 0.1) is 0 Å². The van der Waals surface area contributed by atoms with Crippen molar-refractivity contribution in [3.63, 3.8) is 0 Å². The SMILES string of the molecule is BrCCc1cccc(-n2cccc2)c1. The van der Waals surface area contributed by atoms with Gasteiger partial charge in [0.25, 0.3) is 0 Å². The Morgan fingerprint density at radius 1 is 1.07 bits per heavy atom. The molecule has 0 radical (unpaired) electrons. The lowest BCUT2D eigenvalue weighted by molar-refractivity contribution is 1.06. The standard InChI is InChI=1S/C12H12BrN/c13-7-6-11-4-3-5-12(10-11)14-8-1-2-9-14/h1-5,8-10H,6-7H2. The third-order valence-corrected chi connectivity index (χ3v) is 2.59. The van der Waals surface area contributed by atoms with Crippen molar-refractivity contribution >= 4 is 15.9 Å². The molecular formula is C12H12BrN. The Bertz CT molecular complexity index is 392. The highest BCUT2D eigenvalue weighted by atomic mass is 79.9. The van der Waals surface area contributed by atoms with Gasteiger partial charge in [-0.15, -0.1) is 0 Å². The first-order valence-electron chi connectivity index (χ1n) is 4.68. The lowest BCUT2D eigenvalue weighted by atomic mass is 10.1. The van der Waals surface area contributed by atoms with Crippen LogP contribution in [0.4, 0.5) is 0 Å². The molecule has 0 aliphatic rings. The highest BCUT2D eigenvalue weighted by Gasteiger charge is 1.96. The summed E-state index contributed by atoms with van der Waals surface area (Å²) in [7, 11) is 0. The van der Waals surface area contributed by atoms with Gasteiger partial charge < -0.3 is 4.57 Å². The molecule has 0 saturated heterocycles. The normalized spacial score (nSPS) is 10.4. The lowest BCUT2D eigenvalue weighted by Crippen LogP contribution is -1.92. The Hall–Kier alpha value is -1.02. The Kier molecular flexibility index (Phi) is 3.04. The minimum Gasteiger partial charge on any atom is -0.324 e. The summed E-state index contributed by atoms with van der Waals surface area (Å²) < 4.78 is 2.12. The van der Waals surface area contributed by atoms with Crippen molar-refractivity contribution in [2.24, 2.45) is 0 Å². The van der Waals surface area contributed by atoms with E-state index in [2.05, 4.69) is 57.2 Å². The molecule has 1 nitrogen and oxygen atoms in total. The van der Waals surface area contributed by atoms with Gasteiger partial charge in [0.1, 0.15) is 0 Å². The maximum atomic E-state index is 3.45. The Labute approximate surface area is 92.5 Å². The van der Waals surface area contributed by atoms with Crippen LogP contribution in [0.2, 0.25) is 0 Å². The van der Waals surface area contributed by atoms with E-state index in [-0.39, 0.29) is 0 Å². The summed E-state index contributed by atoms with van der Waals surface area (Å²) in [6, 6.07) is 12.7. The van der Waals surface area contributed by atoms with E-state index in [0.717, 1.165) is 11.8 Å². The number of aromatic nitrogens is 1. The van der Waals surface area contributed by atoms with Gasteiger partial charge in [-0.05, 0) is 36.2 Å². The average molecular weight is 250 g/mol. The fraction of sp³-hybridized carbons (Fsp3) is 0.167. The summed E-state index contributed by atoms with van der Waals surface area (Å²) in [6.45, 7) is 0. The van der Waals surface area contributed by atoms with Gasteiger partial charge in [-0.2, -0.15) is 0 Å². The van der Waals surface area contributed by atoms with E-state index < -0.39 is 0 Å². The fourth-order valence-electron chi connectivity index (χ4n) is 1.49. The third-order valence-electron chi connectivity index (χ3n) is 2.20. The molecule has 0 bridgehead atoms. The number of alkyl halides is 1. The summed E-state index contributed by atoms with van der Waals surface area (Å²) in [5, 5.41) is 1.02. The van der Waals surface area contributed by atoms with Crippen LogP contribution in [0.5, 0.6) is 0 Å². The molecule has 0 unspecified atom stereocenters. The quantitative estimate of drug-likeness (QED) is 0.735. The predicted molar refractivity (Wildman–Crippen MR) is 63.3 cm³/mol. The molecule has 1 aromatic heterocycles. The van der Waals surface area contributed by atoms with E-state index in [4.69, 9.17) is 0 Å². The van der Waals surface area contributed by atoms with E-state index in [1.54, 1.807) is 0 Å². The molecule has 1 heterocycles. The van der Waals surface area contributed by atoms with Gasteiger partial charge >= 0.3 is 0 Å². The van der Waals surface area contributed by atoms with E-state index in [1.807, 2.05) is 12.1 Å². The van der Waals surface area contributed by atoms with Crippen LogP contribution in [0.3, 0.4) is 0 Å². The van der Waals surface area contributed by atoms with Gasteiger partial charge in [-0.3, -0.25) is 0 Å². The van der Waals surface area contributed by atoms with Crippen LogP contribution in [-0.2, 0) is 6.42 Å². The maximum absolute atomic E-state index is 3.45. The molecule has 14 heavy (non-hydrogen) atoms. The van der Waals surface area contributed by atoms with Crippen molar-refractivity contribution in [2.75, 3.05) is 5.33 Å². The van der Waals surface area contributed by atoms with Crippen molar-refractivity contribution in [1.29, 1.82) is 0 Å². The number of aryl methyl sites for hydroxylation is 1. The van der Waals surface area contributed by atoms with E-state index in [0.29, 0.717) is 0 Å². The Morgan fingerprint density at radius 2 is 1.86 bits per heavy atom. The van der Waals surface area contributed by atoms with Gasteiger partial charge in [0, 0.05) is 23.4 Å². The zero-order valence-electron chi connectivity index (χ0n) is 7.86. The molecule has 2 heteroatoms. The van der Waals surface area contributed by atoms with E-state index in [9.17, 15) is 0 Å². The van der Waals surface area contributed by atoms with Crippen LogP contribution in [-0.4, -0.2) is 9.90 Å². The molecule has 1 aromatic carbocycles. The summed E-state index contributed by atoms with van der Waals surface area (Å²) in [5.41, 5.74) is 2.60. The number of hydrogen-bond acceptors (Lipinski definition) is 0. The van der Waals surface area contributed by atoms with Crippen LogP contribution in [0, 0.1) is 0 Å². The van der Waals surface area contributed by atoms with Gasteiger partial charge in [0.15, 0.2) is 0 Å². The number of benzene rings is 1. The van der Waals surface area contributed by atoms with E-state index in [1.165, 1.54) is 11.3 Å². The maximum Gasteiger partial charge on any atom is 0.0452 e. The molecule has 2 aromatic rings. The topological polar surface area (TPSA) is 4.93 Å². The number of rotatable bonds is 3. The number of nitrogens with zero attached hydrogens (tertiary/aromatic N) is 1. The second-order valence-corrected chi connectivity index (χ2v) is 3.99. The molecule has 0 spiro atoms. The molecule has 0 amide bonds. The molecule has 0 aliphatic heterocycles. The number of hydrogen-bond donors (Lipinski definition) is 0. The largest absolute Gasteiger partial charge is 0.324 e. The summed E-state index contributed by atoms with van der Waals surface area (Å²) in [4.78, 5) is 0. The van der Waals surface area contributed by atoms with Crippen LogP contribution in [0.1, 0.15) is 5.56 Å². The van der Waals surface area contributed by atoms with Crippen molar-refractivity contribution in [3.8, 4) is 5.69 Å². The number of halogens is 1. The average Bonchev–Trinajstić information content (AvgIpc) is 2.71. The molecule has 0 atom stereocenters. The molecule has 0 aliphatic carbocycles. The zero-order chi connectivity index (χ0) is 9.80. The molecular weight excluding hydrogens is 238 g/mol. The summed E-state index contributed by atoms with van der Waals surface area (Å²) >= 11 is 3.45. The minimum absolute atomic E-state index is 1.02. The van der Waals surface area contributed by atoms with E-state index >= 15 is 0 Å². The fourth-order valence-corrected chi connectivity index (χ4v) is 1.95. The minimum atomic E-state index is 1.02. The molecule has 72 valence electrons. The highest BCUT2D eigenvalue weighted by molar-refractivity contribution is 9.09. The molecule has 0 N–H and O–H groups in total. The van der Waals surface area contributed by atoms with Crippen molar-refractivity contribution < 1.29 is 0 Å². The first-order chi connectivity index (χ1) is 6.90. The van der Waals surface area contributed by atoms with Crippen LogP contribution < -0.4 is 0 Å². The molecule has 2 rings (SSSR count). The summed E-state index contributed by atoms with van der Waals surface area (Å²) in [6.07, 6.45) is 5.20. The molecule has 0 fully saturated rings.